The van der Waals surface area contributed by atoms with Gasteiger partial charge in [0.25, 0.3) is 0 Å². The molecule has 0 saturated carbocycles. The lowest BCUT2D eigenvalue weighted by Crippen LogP contribution is -2.37. The van der Waals surface area contributed by atoms with Crippen LogP contribution in [0.3, 0.4) is 0 Å². The van der Waals surface area contributed by atoms with Gasteiger partial charge < -0.3 is 10.1 Å². The van der Waals surface area contributed by atoms with E-state index >= 15 is 0 Å². The quantitative estimate of drug-likeness (QED) is 0.627. The van der Waals surface area contributed by atoms with Crippen molar-refractivity contribution in [3.63, 3.8) is 0 Å². The predicted molar refractivity (Wildman–Crippen MR) is 44.7 cm³/mol. The van der Waals surface area contributed by atoms with Crippen LogP contribution in [-0.2, 0) is 9.53 Å². The van der Waals surface area contributed by atoms with Crippen LogP contribution in [-0.4, -0.2) is 25.2 Å². The fourth-order valence-electron chi connectivity index (χ4n) is 2.07. The van der Waals surface area contributed by atoms with E-state index in [-0.39, 0.29) is 5.91 Å². The molecule has 0 radical (unpaired) electrons. The van der Waals surface area contributed by atoms with Crippen molar-refractivity contribution in [2.45, 2.75) is 31.7 Å². The Bertz CT molecular complexity index is 175. The van der Waals surface area contributed by atoms with Crippen LogP contribution in [0.5, 0.6) is 0 Å². The van der Waals surface area contributed by atoms with E-state index in [1.165, 1.54) is 6.42 Å². The molecule has 0 aliphatic carbocycles. The Hall–Kier alpha value is -0.570. The topological polar surface area (TPSA) is 38.3 Å². The maximum atomic E-state index is 10.9. The minimum absolute atomic E-state index is 0.213. The largest absolute Gasteiger partial charge is 0.381 e. The van der Waals surface area contributed by atoms with E-state index in [4.69, 9.17) is 4.74 Å². The van der Waals surface area contributed by atoms with E-state index in [0.717, 1.165) is 26.1 Å². The van der Waals surface area contributed by atoms with E-state index in [1.54, 1.807) is 0 Å². The van der Waals surface area contributed by atoms with Crippen molar-refractivity contribution in [1.29, 1.82) is 0 Å². The molecule has 2 saturated heterocycles. The van der Waals surface area contributed by atoms with Gasteiger partial charge >= 0.3 is 0 Å². The predicted octanol–water partition coefficient (Wildman–Crippen LogP) is 0.692. The summed E-state index contributed by atoms with van der Waals surface area (Å²) in [5, 5.41) is 3.00. The Labute approximate surface area is 72.5 Å². The molecule has 2 atom stereocenters. The number of nitrogens with one attached hydrogen (secondary N) is 1. The Morgan fingerprint density at radius 1 is 1.42 bits per heavy atom. The molecule has 0 aromatic heterocycles. The van der Waals surface area contributed by atoms with Crippen molar-refractivity contribution in [2.75, 3.05) is 13.2 Å². The second kappa shape index (κ2) is 3.44. The van der Waals surface area contributed by atoms with E-state index in [1.807, 2.05) is 0 Å². The van der Waals surface area contributed by atoms with Crippen LogP contribution >= 0.6 is 0 Å². The molecular formula is C9H15NO2. The van der Waals surface area contributed by atoms with Crippen molar-refractivity contribution in [2.24, 2.45) is 5.92 Å². The summed E-state index contributed by atoms with van der Waals surface area (Å²) in [5.74, 6) is 0.788. The van der Waals surface area contributed by atoms with E-state index < -0.39 is 0 Å². The molecule has 3 heteroatoms. The molecule has 2 rings (SSSR count). The third kappa shape index (κ3) is 1.61. The minimum atomic E-state index is 0.213. The van der Waals surface area contributed by atoms with Crippen LogP contribution < -0.4 is 5.32 Å². The summed E-state index contributed by atoms with van der Waals surface area (Å²) in [7, 11) is 0. The van der Waals surface area contributed by atoms with Crippen LogP contribution in [0.25, 0.3) is 0 Å². The van der Waals surface area contributed by atoms with Crippen LogP contribution in [0.1, 0.15) is 25.7 Å². The molecular weight excluding hydrogens is 154 g/mol. The number of hydrogen-bond acceptors (Lipinski definition) is 2. The molecule has 2 unspecified atom stereocenters. The first-order chi connectivity index (χ1) is 5.86. The van der Waals surface area contributed by atoms with E-state index in [2.05, 4.69) is 5.32 Å². The first kappa shape index (κ1) is 8.05. The van der Waals surface area contributed by atoms with Gasteiger partial charge in [-0.1, -0.05) is 0 Å². The van der Waals surface area contributed by atoms with Gasteiger partial charge in [-0.2, -0.15) is 0 Å². The molecule has 2 aliphatic rings. The van der Waals surface area contributed by atoms with E-state index in [0.29, 0.717) is 18.4 Å². The molecule has 2 aliphatic heterocycles. The Morgan fingerprint density at radius 3 is 2.92 bits per heavy atom. The van der Waals surface area contributed by atoms with Crippen LogP contribution in [0.15, 0.2) is 0 Å². The molecule has 2 heterocycles. The number of carbonyl (C=O) groups excluding carboxylic acids is 1. The number of rotatable bonds is 1. The Balaban J connectivity index is 1.86. The summed E-state index contributed by atoms with van der Waals surface area (Å²) in [4.78, 5) is 10.9. The summed E-state index contributed by atoms with van der Waals surface area (Å²) in [6, 6.07) is 0.401. The second-order valence-electron chi connectivity index (χ2n) is 3.69. The van der Waals surface area contributed by atoms with Crippen molar-refractivity contribution in [1.82, 2.24) is 5.32 Å². The van der Waals surface area contributed by atoms with Gasteiger partial charge in [0, 0.05) is 25.0 Å². The smallest absolute Gasteiger partial charge is 0.220 e. The summed E-state index contributed by atoms with van der Waals surface area (Å²) in [6.07, 6.45) is 4.08. The molecule has 2 fully saturated rings. The van der Waals surface area contributed by atoms with Gasteiger partial charge in [-0.05, 0) is 19.3 Å². The standard InChI is InChI=1S/C9H15NO2/c11-9-4-3-8(10-9)7-2-1-5-12-6-7/h7-8H,1-6H2,(H,10,11). The van der Waals surface area contributed by atoms with Gasteiger partial charge in [0.15, 0.2) is 0 Å². The number of ether oxygens (including phenoxy) is 1. The monoisotopic (exact) mass is 169 g/mol. The highest BCUT2D eigenvalue weighted by atomic mass is 16.5. The highest BCUT2D eigenvalue weighted by molar-refractivity contribution is 5.78. The first-order valence-corrected chi connectivity index (χ1v) is 4.73. The SMILES string of the molecule is O=C1CCC(C2CCCOC2)N1. The average Bonchev–Trinajstić information content (AvgIpc) is 2.54. The fraction of sp³-hybridized carbons (Fsp3) is 0.889. The maximum Gasteiger partial charge on any atom is 0.220 e. The molecule has 0 spiro atoms. The third-order valence-corrected chi connectivity index (χ3v) is 2.79. The molecule has 3 nitrogen and oxygen atoms in total. The fourth-order valence-corrected chi connectivity index (χ4v) is 2.07. The van der Waals surface area contributed by atoms with Crippen LogP contribution in [0.4, 0.5) is 0 Å². The molecule has 1 N–H and O–H groups in total. The Kier molecular flexibility index (Phi) is 2.30. The van der Waals surface area contributed by atoms with Crippen molar-refractivity contribution in [3.8, 4) is 0 Å². The third-order valence-electron chi connectivity index (χ3n) is 2.79. The van der Waals surface area contributed by atoms with Gasteiger partial charge in [0.2, 0.25) is 5.91 Å². The zero-order valence-electron chi connectivity index (χ0n) is 7.21. The van der Waals surface area contributed by atoms with Gasteiger partial charge in [0.05, 0.1) is 6.61 Å². The van der Waals surface area contributed by atoms with Gasteiger partial charge in [0.1, 0.15) is 0 Å². The van der Waals surface area contributed by atoms with Gasteiger partial charge in [-0.3, -0.25) is 4.79 Å². The summed E-state index contributed by atoms with van der Waals surface area (Å²) < 4.78 is 5.38. The number of carbonyl (C=O) groups is 1. The molecule has 68 valence electrons. The highest BCUT2D eigenvalue weighted by Crippen LogP contribution is 2.23. The molecule has 0 aromatic carbocycles. The first-order valence-electron chi connectivity index (χ1n) is 4.73. The van der Waals surface area contributed by atoms with Crippen molar-refractivity contribution in [3.05, 3.63) is 0 Å². The molecule has 1 amide bonds. The normalized spacial score (nSPS) is 36.5. The van der Waals surface area contributed by atoms with Crippen molar-refractivity contribution >= 4 is 5.91 Å². The lowest BCUT2D eigenvalue weighted by atomic mass is 9.93. The Morgan fingerprint density at radius 2 is 2.33 bits per heavy atom. The highest BCUT2D eigenvalue weighted by Gasteiger charge is 2.29. The van der Waals surface area contributed by atoms with Gasteiger partial charge in [-0.15, -0.1) is 0 Å². The van der Waals surface area contributed by atoms with Crippen LogP contribution in [0, 0.1) is 5.92 Å². The van der Waals surface area contributed by atoms with Crippen LogP contribution in [0.2, 0.25) is 0 Å². The second-order valence-corrected chi connectivity index (χ2v) is 3.69. The van der Waals surface area contributed by atoms with Crippen molar-refractivity contribution < 1.29 is 9.53 Å². The molecule has 0 aromatic rings. The number of hydrogen-bond donors (Lipinski definition) is 1. The molecule has 0 bridgehead atoms. The maximum absolute atomic E-state index is 10.9. The lowest BCUT2D eigenvalue weighted by molar-refractivity contribution is -0.119. The molecule has 12 heavy (non-hydrogen) atoms. The average molecular weight is 169 g/mol. The summed E-state index contributed by atoms with van der Waals surface area (Å²) in [5.41, 5.74) is 0. The summed E-state index contributed by atoms with van der Waals surface area (Å²) in [6.45, 7) is 1.74. The zero-order chi connectivity index (χ0) is 8.39. The van der Waals surface area contributed by atoms with Gasteiger partial charge in [-0.25, -0.2) is 0 Å². The summed E-state index contributed by atoms with van der Waals surface area (Å²) >= 11 is 0. The van der Waals surface area contributed by atoms with E-state index in [9.17, 15) is 4.79 Å². The number of amides is 1. The lowest BCUT2D eigenvalue weighted by Gasteiger charge is -2.27. The zero-order valence-corrected chi connectivity index (χ0v) is 7.21. The minimum Gasteiger partial charge on any atom is -0.381 e.